The molecule has 0 spiro atoms. The smallest absolute Gasteiger partial charge is 0.257 e. The molecule has 4 aromatic rings. The van der Waals surface area contributed by atoms with Crippen LogP contribution in [0.1, 0.15) is 35.3 Å². The molecule has 0 unspecified atom stereocenters. The third-order valence-corrected chi connectivity index (χ3v) is 5.14. The molecule has 0 aliphatic rings. The third kappa shape index (κ3) is 5.35. The van der Waals surface area contributed by atoms with Crippen molar-refractivity contribution in [1.29, 1.82) is 0 Å². The minimum atomic E-state index is -0.314. The van der Waals surface area contributed by atoms with Crippen LogP contribution < -0.4 is 15.4 Å². The number of hydrogen-bond acceptors (Lipinski definition) is 5. The number of benzene rings is 3. The molecule has 0 bridgehead atoms. The number of anilines is 1. The zero-order chi connectivity index (χ0) is 23.5. The molecule has 0 aliphatic carbocycles. The highest BCUT2D eigenvalue weighted by molar-refractivity contribution is 7.80. The monoisotopic (exact) mass is 459 g/mol. The molecule has 33 heavy (non-hydrogen) atoms. The number of thiocarbonyl (C=S) groups is 1. The predicted molar refractivity (Wildman–Crippen MR) is 134 cm³/mol. The molecule has 168 valence electrons. The van der Waals surface area contributed by atoms with Crippen molar-refractivity contribution in [3.8, 4) is 11.4 Å². The maximum absolute atomic E-state index is 12.6. The Bertz CT molecular complexity index is 1330. The fourth-order valence-corrected chi connectivity index (χ4v) is 3.51. The molecular formula is C25H25N5O2S. The lowest BCUT2D eigenvalue weighted by Crippen LogP contribution is -2.34. The Morgan fingerprint density at radius 1 is 1.00 bits per heavy atom. The Hall–Kier alpha value is -3.78. The molecule has 0 saturated carbocycles. The normalized spacial score (nSPS) is 10.9. The highest BCUT2D eigenvalue weighted by atomic mass is 32.1. The first kappa shape index (κ1) is 22.4. The number of rotatable bonds is 5. The van der Waals surface area contributed by atoms with Crippen molar-refractivity contribution < 1.29 is 9.53 Å². The van der Waals surface area contributed by atoms with Gasteiger partial charge in [-0.05, 0) is 87.9 Å². The molecule has 7 nitrogen and oxygen atoms in total. The number of aromatic nitrogens is 3. The molecule has 0 saturated heterocycles. The second-order valence-corrected chi connectivity index (χ2v) is 8.49. The van der Waals surface area contributed by atoms with Gasteiger partial charge in [0, 0.05) is 11.3 Å². The van der Waals surface area contributed by atoms with Crippen LogP contribution in [0.4, 0.5) is 5.69 Å². The molecular weight excluding hydrogens is 434 g/mol. The molecule has 1 heterocycles. The van der Waals surface area contributed by atoms with Gasteiger partial charge in [0.05, 0.1) is 11.8 Å². The van der Waals surface area contributed by atoms with Gasteiger partial charge in [-0.1, -0.05) is 23.8 Å². The average molecular weight is 460 g/mol. The van der Waals surface area contributed by atoms with Gasteiger partial charge in [-0.3, -0.25) is 10.1 Å². The second kappa shape index (κ2) is 9.38. The molecule has 1 amide bonds. The summed E-state index contributed by atoms with van der Waals surface area (Å²) in [6, 6.07) is 18.8. The van der Waals surface area contributed by atoms with Gasteiger partial charge < -0.3 is 10.1 Å². The zero-order valence-corrected chi connectivity index (χ0v) is 19.7. The van der Waals surface area contributed by atoms with Crippen LogP contribution in [0.3, 0.4) is 0 Å². The van der Waals surface area contributed by atoms with E-state index in [1.807, 2.05) is 70.2 Å². The van der Waals surface area contributed by atoms with Crippen LogP contribution in [0.5, 0.6) is 5.75 Å². The fraction of sp³-hybridized carbons (Fsp3) is 0.200. The van der Waals surface area contributed by atoms with E-state index in [4.69, 9.17) is 17.0 Å². The summed E-state index contributed by atoms with van der Waals surface area (Å²) in [4.78, 5) is 14.3. The van der Waals surface area contributed by atoms with Crippen LogP contribution in [0, 0.1) is 13.8 Å². The quantitative estimate of drug-likeness (QED) is 0.411. The first-order valence-electron chi connectivity index (χ1n) is 10.6. The highest BCUT2D eigenvalue weighted by Crippen LogP contribution is 2.22. The largest absolute Gasteiger partial charge is 0.491 e. The molecule has 2 N–H and O–H groups in total. The van der Waals surface area contributed by atoms with Gasteiger partial charge in [0.25, 0.3) is 5.91 Å². The maximum Gasteiger partial charge on any atom is 0.257 e. The van der Waals surface area contributed by atoms with E-state index >= 15 is 0 Å². The fourth-order valence-electron chi connectivity index (χ4n) is 3.31. The molecule has 3 aromatic carbocycles. The lowest BCUT2D eigenvalue weighted by Gasteiger charge is -2.13. The SMILES string of the molecule is Cc1ccc(-n2nc3cc(C)c(NC(=S)NC(=O)c4cccc(OC(C)C)c4)cc3n2)cc1. The van der Waals surface area contributed by atoms with Crippen molar-refractivity contribution in [3.63, 3.8) is 0 Å². The van der Waals surface area contributed by atoms with E-state index in [-0.39, 0.29) is 17.1 Å². The second-order valence-electron chi connectivity index (χ2n) is 8.08. The maximum atomic E-state index is 12.6. The number of carbonyl (C=O) groups excluding carboxylic acids is 1. The van der Waals surface area contributed by atoms with E-state index in [1.165, 1.54) is 5.56 Å². The van der Waals surface area contributed by atoms with Crippen LogP contribution in [0.2, 0.25) is 0 Å². The number of fused-ring (bicyclic) bond motifs is 1. The van der Waals surface area contributed by atoms with Gasteiger partial charge in [-0.15, -0.1) is 10.2 Å². The van der Waals surface area contributed by atoms with Gasteiger partial charge in [-0.25, -0.2) is 0 Å². The molecule has 8 heteroatoms. The first-order chi connectivity index (χ1) is 15.8. The van der Waals surface area contributed by atoms with Crippen molar-refractivity contribution in [2.75, 3.05) is 5.32 Å². The minimum absolute atomic E-state index is 0.0212. The van der Waals surface area contributed by atoms with Gasteiger partial charge in [-0.2, -0.15) is 4.80 Å². The van der Waals surface area contributed by atoms with Crippen molar-refractivity contribution in [2.45, 2.75) is 33.8 Å². The van der Waals surface area contributed by atoms with Crippen molar-refractivity contribution >= 4 is 40.0 Å². The summed E-state index contributed by atoms with van der Waals surface area (Å²) < 4.78 is 5.66. The van der Waals surface area contributed by atoms with E-state index in [0.717, 1.165) is 28.0 Å². The number of nitrogens with zero attached hydrogens (tertiary/aromatic N) is 3. The molecule has 0 radical (unpaired) electrons. The molecule has 1 aromatic heterocycles. The summed E-state index contributed by atoms with van der Waals surface area (Å²) in [6.07, 6.45) is 0.0212. The number of nitrogens with one attached hydrogen (secondary N) is 2. The Morgan fingerprint density at radius 3 is 2.39 bits per heavy atom. The molecule has 4 rings (SSSR count). The van der Waals surface area contributed by atoms with E-state index in [2.05, 4.69) is 20.8 Å². The van der Waals surface area contributed by atoms with E-state index < -0.39 is 0 Å². The number of aryl methyl sites for hydroxylation is 2. The average Bonchev–Trinajstić information content (AvgIpc) is 3.16. The Labute approximate surface area is 197 Å². The number of amides is 1. The van der Waals surface area contributed by atoms with Gasteiger partial charge in [0.15, 0.2) is 5.11 Å². The summed E-state index contributed by atoms with van der Waals surface area (Å²) in [5.41, 5.74) is 5.70. The van der Waals surface area contributed by atoms with E-state index in [1.54, 1.807) is 23.0 Å². The Kier molecular flexibility index (Phi) is 6.37. The standard InChI is InChI=1S/C25H25N5O2S/c1-15(2)32-20-7-5-6-18(13-20)24(31)27-25(33)26-21-14-23-22(12-17(21)4)28-30(29-23)19-10-8-16(3)9-11-19/h5-15H,1-4H3,(H2,26,27,31,33). The third-order valence-electron chi connectivity index (χ3n) is 4.93. The molecule has 0 fully saturated rings. The lowest BCUT2D eigenvalue weighted by molar-refractivity contribution is 0.0977. The van der Waals surface area contributed by atoms with Gasteiger partial charge in [0.2, 0.25) is 0 Å². The van der Waals surface area contributed by atoms with Crippen LogP contribution in [-0.4, -0.2) is 32.1 Å². The summed E-state index contributed by atoms with van der Waals surface area (Å²) in [5, 5.41) is 15.2. The van der Waals surface area contributed by atoms with Gasteiger partial charge in [0.1, 0.15) is 16.8 Å². The summed E-state index contributed by atoms with van der Waals surface area (Å²) in [5.74, 6) is 0.320. The molecule has 0 atom stereocenters. The Morgan fingerprint density at radius 2 is 1.70 bits per heavy atom. The van der Waals surface area contributed by atoms with Crippen LogP contribution in [-0.2, 0) is 0 Å². The number of carbonyl (C=O) groups is 1. The predicted octanol–water partition coefficient (Wildman–Crippen LogP) is 4.95. The van der Waals surface area contributed by atoms with Crippen molar-refractivity contribution in [1.82, 2.24) is 20.3 Å². The van der Waals surface area contributed by atoms with Crippen LogP contribution >= 0.6 is 12.2 Å². The molecule has 0 aliphatic heterocycles. The van der Waals surface area contributed by atoms with Crippen molar-refractivity contribution in [3.05, 3.63) is 77.4 Å². The van der Waals surface area contributed by atoms with Crippen molar-refractivity contribution in [2.24, 2.45) is 0 Å². The summed E-state index contributed by atoms with van der Waals surface area (Å²) in [6.45, 7) is 7.86. The topological polar surface area (TPSA) is 81.1 Å². The zero-order valence-electron chi connectivity index (χ0n) is 18.9. The lowest BCUT2D eigenvalue weighted by atomic mass is 10.2. The highest BCUT2D eigenvalue weighted by Gasteiger charge is 2.13. The summed E-state index contributed by atoms with van der Waals surface area (Å²) in [7, 11) is 0. The van der Waals surface area contributed by atoms with Crippen LogP contribution in [0.15, 0.2) is 60.7 Å². The van der Waals surface area contributed by atoms with E-state index in [9.17, 15) is 4.79 Å². The number of ether oxygens (including phenoxy) is 1. The Balaban J connectivity index is 1.49. The first-order valence-corrected chi connectivity index (χ1v) is 11.0. The minimum Gasteiger partial charge on any atom is -0.491 e. The van der Waals surface area contributed by atoms with Crippen LogP contribution in [0.25, 0.3) is 16.7 Å². The number of hydrogen-bond donors (Lipinski definition) is 2. The van der Waals surface area contributed by atoms with E-state index in [0.29, 0.717) is 11.3 Å². The summed E-state index contributed by atoms with van der Waals surface area (Å²) >= 11 is 5.38. The van der Waals surface area contributed by atoms with Gasteiger partial charge >= 0.3 is 0 Å².